The van der Waals surface area contributed by atoms with Crippen LogP contribution in [0.1, 0.15) is 31.5 Å². The van der Waals surface area contributed by atoms with Crippen molar-refractivity contribution in [1.82, 2.24) is 20.2 Å². The molecule has 10 heteroatoms. The largest absolute Gasteiger partial charge is 0.402 e. The highest BCUT2D eigenvalue weighted by Crippen LogP contribution is 2.35. The highest BCUT2D eigenvalue weighted by Gasteiger charge is 2.44. The van der Waals surface area contributed by atoms with Crippen LogP contribution in [0, 0.1) is 5.82 Å². The second-order valence-electron chi connectivity index (χ2n) is 9.30. The van der Waals surface area contributed by atoms with Crippen molar-refractivity contribution in [3.63, 3.8) is 0 Å². The van der Waals surface area contributed by atoms with Crippen molar-refractivity contribution in [1.29, 1.82) is 0 Å². The first-order valence-electron chi connectivity index (χ1n) is 11.7. The van der Waals surface area contributed by atoms with Crippen molar-refractivity contribution in [2.24, 2.45) is 21.5 Å². The maximum Gasteiger partial charge on any atom is 0.164 e. The van der Waals surface area contributed by atoms with Crippen molar-refractivity contribution in [2.75, 3.05) is 18.0 Å². The molecule has 0 saturated carbocycles. The summed E-state index contributed by atoms with van der Waals surface area (Å²) in [7, 11) is 0. The van der Waals surface area contributed by atoms with Gasteiger partial charge in [-0.05, 0) is 56.7 Å². The van der Waals surface area contributed by atoms with Crippen molar-refractivity contribution in [2.45, 2.75) is 45.1 Å². The van der Waals surface area contributed by atoms with Gasteiger partial charge in [-0.1, -0.05) is 0 Å². The zero-order valence-electron chi connectivity index (χ0n) is 19.9. The number of hydrogen-bond donors (Lipinski definition) is 3. The quantitative estimate of drug-likeness (QED) is 0.431. The molecule has 0 spiro atoms. The number of piperidine rings is 1. The van der Waals surface area contributed by atoms with Crippen LogP contribution in [0.3, 0.4) is 0 Å². The Morgan fingerprint density at radius 2 is 1.97 bits per heavy atom. The first kappa shape index (κ1) is 23.0. The number of halogens is 1. The average Bonchev–Trinajstić information content (AvgIpc) is 2.83. The Hall–Kier alpha value is -3.79. The molecular weight excluding hydrogens is 445 g/mol. The van der Waals surface area contributed by atoms with E-state index >= 15 is 0 Å². The first-order valence-corrected chi connectivity index (χ1v) is 11.7. The highest BCUT2D eigenvalue weighted by atomic mass is 19.1. The molecular formula is C25H30FN9. The minimum atomic E-state index is -0.419. The van der Waals surface area contributed by atoms with Gasteiger partial charge in [0, 0.05) is 54.9 Å². The van der Waals surface area contributed by atoms with E-state index in [1.807, 2.05) is 31.3 Å². The van der Waals surface area contributed by atoms with Crippen LogP contribution in [-0.4, -0.2) is 57.9 Å². The third-order valence-electron chi connectivity index (χ3n) is 6.46. The lowest BCUT2D eigenvalue weighted by Crippen LogP contribution is -2.68. The van der Waals surface area contributed by atoms with Crippen LogP contribution in [0.4, 0.5) is 10.2 Å². The number of pyridine rings is 2. The minimum Gasteiger partial charge on any atom is -0.402 e. The number of piperazine rings is 1. The molecule has 9 nitrogen and oxygen atoms in total. The summed E-state index contributed by atoms with van der Waals surface area (Å²) in [5.41, 5.74) is 15.0. The van der Waals surface area contributed by atoms with Crippen LogP contribution in [-0.2, 0) is 6.54 Å². The van der Waals surface area contributed by atoms with Gasteiger partial charge in [0.05, 0.1) is 11.9 Å². The van der Waals surface area contributed by atoms with Gasteiger partial charge in [0.25, 0.3) is 0 Å². The Morgan fingerprint density at radius 3 is 2.63 bits per heavy atom. The number of aromatic nitrogens is 2. The molecule has 3 atom stereocenters. The van der Waals surface area contributed by atoms with E-state index in [9.17, 15) is 4.39 Å². The zero-order valence-corrected chi connectivity index (χ0v) is 19.9. The van der Waals surface area contributed by atoms with Crippen LogP contribution in [0.5, 0.6) is 0 Å². The number of allylic oxidation sites excluding steroid dienone is 2. The van der Waals surface area contributed by atoms with Gasteiger partial charge in [-0.15, -0.1) is 0 Å². The van der Waals surface area contributed by atoms with Crippen LogP contribution < -0.4 is 21.7 Å². The number of amidine groups is 2. The Kier molecular flexibility index (Phi) is 6.21. The number of nitrogens with two attached hydrogens (primary N) is 2. The van der Waals surface area contributed by atoms with E-state index in [0.29, 0.717) is 29.5 Å². The zero-order chi connectivity index (χ0) is 24.5. The van der Waals surface area contributed by atoms with Crippen molar-refractivity contribution in [3.8, 4) is 0 Å². The standard InChI is InChI=1S/C25H30FN9/c1-15(27)7-22(28)32-23-8-16(2)31-25(33-23)17-3-6-24(30-10-17)34-13-20-9-21(14-34)35(20)12-19-5-4-18(26)11-29-19/h3-8,10-11,20-21,23H,9,12-14,27H2,1-2H3,(H2,28,32)(H,31,33)/b15-7-. The lowest BCUT2D eigenvalue weighted by atomic mass is 9.87. The van der Waals surface area contributed by atoms with E-state index < -0.39 is 6.17 Å². The number of hydrogen-bond acceptors (Lipinski definition) is 8. The lowest BCUT2D eigenvalue weighted by Gasteiger charge is -2.56. The fourth-order valence-electron chi connectivity index (χ4n) is 4.82. The number of rotatable bonds is 6. The highest BCUT2D eigenvalue weighted by molar-refractivity contribution is 6.00. The van der Waals surface area contributed by atoms with Gasteiger partial charge in [0.15, 0.2) is 6.17 Å². The number of nitrogens with one attached hydrogen (secondary N) is 1. The molecule has 2 aromatic rings. The topological polar surface area (TPSA) is 121 Å². The maximum absolute atomic E-state index is 13.1. The third-order valence-corrected chi connectivity index (χ3v) is 6.46. The van der Waals surface area contributed by atoms with Crippen LogP contribution in [0.2, 0.25) is 0 Å². The molecule has 6 heterocycles. The summed E-state index contributed by atoms with van der Waals surface area (Å²) in [6.45, 7) is 6.31. The molecule has 6 rings (SSSR count). The van der Waals surface area contributed by atoms with Crippen LogP contribution in [0.25, 0.3) is 0 Å². The molecule has 3 fully saturated rings. The molecule has 0 aliphatic carbocycles. The predicted octanol–water partition coefficient (Wildman–Crippen LogP) is 1.88. The normalized spacial score (nSPS) is 24.9. The smallest absolute Gasteiger partial charge is 0.164 e. The fraction of sp³-hybridized carbons (Fsp3) is 0.360. The summed E-state index contributed by atoms with van der Waals surface area (Å²) in [6.07, 6.45) is 7.41. The molecule has 4 aliphatic rings. The number of nitrogens with zero attached hydrogens (tertiary/aromatic N) is 6. The number of anilines is 1. The SMILES string of the molecule is CC1=CC(N=C(N)/C=C(/C)N)N=C(c2ccc(N3CC4CC(C3)N4Cc3ccc(F)cn3)nc2)N1. The molecule has 0 aromatic carbocycles. The minimum absolute atomic E-state index is 0.301. The summed E-state index contributed by atoms with van der Waals surface area (Å²) in [5, 5.41) is 3.29. The Bertz CT molecular complexity index is 1180. The van der Waals surface area contributed by atoms with Crippen molar-refractivity contribution < 1.29 is 4.39 Å². The second-order valence-corrected chi connectivity index (χ2v) is 9.30. The molecule has 5 N–H and O–H groups in total. The molecule has 182 valence electrons. The maximum atomic E-state index is 13.1. The second kappa shape index (κ2) is 9.46. The summed E-state index contributed by atoms with van der Waals surface area (Å²) < 4.78 is 13.1. The number of aliphatic imine (C=N–C) groups is 2. The van der Waals surface area contributed by atoms with E-state index in [1.54, 1.807) is 19.1 Å². The fourth-order valence-corrected chi connectivity index (χ4v) is 4.82. The van der Waals surface area contributed by atoms with Gasteiger partial charge in [0.1, 0.15) is 23.3 Å². The van der Waals surface area contributed by atoms with Gasteiger partial charge in [-0.25, -0.2) is 19.4 Å². The van der Waals surface area contributed by atoms with Gasteiger partial charge in [-0.2, -0.15) is 0 Å². The molecule has 2 bridgehead atoms. The Labute approximate surface area is 204 Å². The van der Waals surface area contributed by atoms with Gasteiger partial charge in [-0.3, -0.25) is 9.88 Å². The van der Waals surface area contributed by atoms with Crippen molar-refractivity contribution >= 4 is 17.5 Å². The molecule has 0 amide bonds. The van der Waals surface area contributed by atoms with Gasteiger partial charge < -0.3 is 21.7 Å². The first-order chi connectivity index (χ1) is 16.8. The summed E-state index contributed by atoms with van der Waals surface area (Å²) in [5.74, 6) is 1.70. The molecule has 35 heavy (non-hydrogen) atoms. The van der Waals surface area contributed by atoms with Gasteiger partial charge >= 0.3 is 0 Å². The van der Waals surface area contributed by atoms with Crippen LogP contribution in [0.15, 0.2) is 70.2 Å². The van der Waals surface area contributed by atoms with Crippen LogP contribution >= 0.6 is 0 Å². The Morgan fingerprint density at radius 1 is 1.17 bits per heavy atom. The predicted molar refractivity (Wildman–Crippen MR) is 135 cm³/mol. The van der Waals surface area contributed by atoms with E-state index in [0.717, 1.165) is 42.4 Å². The third kappa shape index (κ3) is 5.17. The lowest BCUT2D eigenvalue weighted by molar-refractivity contribution is -0.00970. The summed E-state index contributed by atoms with van der Waals surface area (Å²) in [6, 6.07) is 8.21. The van der Waals surface area contributed by atoms with E-state index in [1.165, 1.54) is 18.7 Å². The molecule has 3 saturated heterocycles. The average molecular weight is 476 g/mol. The van der Waals surface area contributed by atoms with Crippen molar-refractivity contribution in [3.05, 3.63) is 77.3 Å². The van der Waals surface area contributed by atoms with E-state index in [4.69, 9.17) is 16.5 Å². The van der Waals surface area contributed by atoms with E-state index in [2.05, 4.69) is 30.1 Å². The molecule has 3 unspecified atom stereocenters. The molecule has 2 aromatic heterocycles. The van der Waals surface area contributed by atoms with Gasteiger partial charge in [0.2, 0.25) is 0 Å². The monoisotopic (exact) mass is 475 g/mol. The molecule has 0 radical (unpaired) electrons. The molecule has 4 aliphatic heterocycles. The summed E-state index contributed by atoms with van der Waals surface area (Å²) >= 11 is 0. The Balaban J connectivity index is 1.23. The summed E-state index contributed by atoms with van der Waals surface area (Å²) in [4.78, 5) is 22.8. The number of fused-ring (bicyclic) bond motifs is 2. The van der Waals surface area contributed by atoms with E-state index in [-0.39, 0.29) is 5.82 Å².